The van der Waals surface area contributed by atoms with Gasteiger partial charge in [0.15, 0.2) is 0 Å². The second-order valence-electron chi connectivity index (χ2n) is 4.47. The van der Waals surface area contributed by atoms with Crippen molar-refractivity contribution in [1.82, 2.24) is 10.2 Å². The van der Waals surface area contributed by atoms with E-state index in [1.165, 1.54) is 0 Å². The van der Waals surface area contributed by atoms with Crippen LogP contribution in [0.25, 0.3) is 0 Å². The number of thiophene rings is 1. The van der Waals surface area contributed by atoms with Crippen molar-refractivity contribution >= 4 is 23.2 Å². The standard InChI is InChI=1S/C12H16N2O2S/c1-3-12(2)11(16)14(8-10(15)13-12)7-9-5-4-6-17-9/h4-6H,3,7-8H2,1-2H3,(H,13,15). The summed E-state index contributed by atoms with van der Waals surface area (Å²) in [6.45, 7) is 4.38. The largest absolute Gasteiger partial charge is 0.340 e. The second-order valence-corrected chi connectivity index (χ2v) is 5.51. The molecule has 1 aliphatic heterocycles. The van der Waals surface area contributed by atoms with Crippen LogP contribution < -0.4 is 5.32 Å². The average molecular weight is 252 g/mol. The van der Waals surface area contributed by atoms with Crippen LogP contribution in [0.1, 0.15) is 25.1 Å². The smallest absolute Gasteiger partial charge is 0.248 e. The first-order chi connectivity index (χ1) is 8.05. The molecular formula is C12H16N2O2S. The van der Waals surface area contributed by atoms with Gasteiger partial charge in [-0.3, -0.25) is 9.59 Å². The molecule has 5 heteroatoms. The molecular weight excluding hydrogens is 236 g/mol. The highest BCUT2D eigenvalue weighted by Crippen LogP contribution is 2.21. The van der Waals surface area contributed by atoms with Gasteiger partial charge in [0.1, 0.15) is 12.1 Å². The van der Waals surface area contributed by atoms with E-state index >= 15 is 0 Å². The quantitative estimate of drug-likeness (QED) is 0.883. The van der Waals surface area contributed by atoms with Gasteiger partial charge in [0, 0.05) is 4.88 Å². The molecule has 92 valence electrons. The van der Waals surface area contributed by atoms with Crippen LogP contribution in [0.15, 0.2) is 17.5 Å². The van der Waals surface area contributed by atoms with Crippen molar-refractivity contribution in [2.75, 3.05) is 6.54 Å². The van der Waals surface area contributed by atoms with Crippen LogP contribution in [0.5, 0.6) is 0 Å². The predicted molar refractivity (Wildman–Crippen MR) is 66.6 cm³/mol. The van der Waals surface area contributed by atoms with Gasteiger partial charge < -0.3 is 10.2 Å². The highest BCUT2D eigenvalue weighted by atomic mass is 32.1. The molecule has 1 unspecified atom stereocenters. The normalized spacial score (nSPS) is 24.9. The third-order valence-electron chi connectivity index (χ3n) is 3.14. The van der Waals surface area contributed by atoms with Crippen LogP contribution in [0.4, 0.5) is 0 Å². The highest BCUT2D eigenvalue weighted by molar-refractivity contribution is 7.09. The number of carbonyl (C=O) groups is 2. The Hall–Kier alpha value is -1.36. The maximum absolute atomic E-state index is 12.3. The van der Waals surface area contributed by atoms with Crippen molar-refractivity contribution < 1.29 is 9.59 Å². The van der Waals surface area contributed by atoms with Crippen molar-refractivity contribution in [1.29, 1.82) is 0 Å². The molecule has 2 rings (SSSR count). The van der Waals surface area contributed by atoms with Gasteiger partial charge in [-0.25, -0.2) is 0 Å². The number of nitrogens with one attached hydrogen (secondary N) is 1. The molecule has 2 heterocycles. The van der Waals surface area contributed by atoms with Gasteiger partial charge in [0.25, 0.3) is 0 Å². The van der Waals surface area contributed by atoms with Crippen LogP contribution in [0.2, 0.25) is 0 Å². The summed E-state index contributed by atoms with van der Waals surface area (Å²) in [5, 5.41) is 4.75. The van der Waals surface area contributed by atoms with E-state index in [0.29, 0.717) is 13.0 Å². The summed E-state index contributed by atoms with van der Waals surface area (Å²) in [7, 11) is 0. The lowest BCUT2D eigenvalue weighted by atomic mass is 9.94. The molecule has 4 nitrogen and oxygen atoms in total. The SMILES string of the molecule is CCC1(C)NC(=O)CN(Cc2cccs2)C1=O. The maximum Gasteiger partial charge on any atom is 0.248 e. The lowest BCUT2D eigenvalue weighted by Crippen LogP contribution is -2.64. The van der Waals surface area contributed by atoms with E-state index in [1.807, 2.05) is 24.4 Å². The van der Waals surface area contributed by atoms with Gasteiger partial charge in [-0.15, -0.1) is 11.3 Å². The molecule has 2 amide bonds. The number of piperazine rings is 1. The molecule has 0 radical (unpaired) electrons. The summed E-state index contributed by atoms with van der Waals surface area (Å²) in [6.07, 6.45) is 0.610. The number of hydrogen-bond acceptors (Lipinski definition) is 3. The summed E-state index contributed by atoms with van der Waals surface area (Å²) in [6, 6.07) is 3.93. The average Bonchev–Trinajstić information content (AvgIpc) is 2.78. The molecule has 1 saturated heterocycles. The fourth-order valence-electron chi connectivity index (χ4n) is 1.95. The Bertz CT molecular complexity index is 430. The van der Waals surface area contributed by atoms with E-state index < -0.39 is 5.54 Å². The van der Waals surface area contributed by atoms with Crippen molar-refractivity contribution in [3.63, 3.8) is 0 Å². The van der Waals surface area contributed by atoms with Crippen LogP contribution in [0, 0.1) is 0 Å². The summed E-state index contributed by atoms with van der Waals surface area (Å²) >= 11 is 1.60. The van der Waals surface area contributed by atoms with Crippen molar-refractivity contribution in [2.24, 2.45) is 0 Å². The Kier molecular flexibility index (Phi) is 3.19. The lowest BCUT2D eigenvalue weighted by molar-refractivity contribution is -0.149. The first-order valence-corrected chi connectivity index (χ1v) is 6.56. The highest BCUT2D eigenvalue weighted by Gasteiger charge is 2.41. The van der Waals surface area contributed by atoms with Crippen molar-refractivity contribution in [3.05, 3.63) is 22.4 Å². The van der Waals surface area contributed by atoms with E-state index in [1.54, 1.807) is 23.2 Å². The summed E-state index contributed by atoms with van der Waals surface area (Å²) in [5.74, 6) is -0.0708. The minimum atomic E-state index is -0.743. The van der Waals surface area contributed by atoms with Gasteiger partial charge in [-0.1, -0.05) is 13.0 Å². The Balaban J connectivity index is 2.16. The minimum absolute atomic E-state index is 0.00741. The van der Waals surface area contributed by atoms with Gasteiger partial charge in [-0.05, 0) is 24.8 Å². The summed E-state index contributed by atoms with van der Waals surface area (Å²) in [4.78, 5) is 26.6. The third-order valence-corrected chi connectivity index (χ3v) is 4.00. The van der Waals surface area contributed by atoms with Crippen LogP contribution in [0.3, 0.4) is 0 Å². The fourth-order valence-corrected chi connectivity index (χ4v) is 2.67. The second kappa shape index (κ2) is 4.49. The molecule has 1 aromatic heterocycles. The van der Waals surface area contributed by atoms with Crippen LogP contribution in [-0.4, -0.2) is 28.8 Å². The van der Waals surface area contributed by atoms with Crippen molar-refractivity contribution in [3.8, 4) is 0 Å². The molecule has 0 saturated carbocycles. The fraction of sp³-hybridized carbons (Fsp3) is 0.500. The van der Waals surface area contributed by atoms with Crippen LogP contribution >= 0.6 is 11.3 Å². The first kappa shape index (κ1) is 12.1. The van der Waals surface area contributed by atoms with E-state index in [2.05, 4.69) is 5.32 Å². The molecule has 1 fully saturated rings. The third kappa shape index (κ3) is 2.34. The predicted octanol–water partition coefficient (Wildman–Crippen LogP) is 1.38. The number of hydrogen-bond donors (Lipinski definition) is 1. The van der Waals surface area contributed by atoms with E-state index in [9.17, 15) is 9.59 Å². The Morgan fingerprint density at radius 1 is 1.53 bits per heavy atom. The zero-order valence-electron chi connectivity index (χ0n) is 10.0. The van der Waals surface area contributed by atoms with Crippen LogP contribution in [-0.2, 0) is 16.1 Å². The number of amides is 2. The summed E-state index contributed by atoms with van der Waals surface area (Å²) < 4.78 is 0. The zero-order chi connectivity index (χ0) is 12.5. The van der Waals surface area contributed by atoms with Gasteiger partial charge in [0.2, 0.25) is 11.8 Å². The molecule has 1 aromatic rings. The van der Waals surface area contributed by atoms with E-state index in [4.69, 9.17) is 0 Å². The Morgan fingerprint density at radius 3 is 2.88 bits per heavy atom. The number of carbonyl (C=O) groups excluding carboxylic acids is 2. The maximum atomic E-state index is 12.3. The number of rotatable bonds is 3. The molecule has 1 N–H and O–H groups in total. The zero-order valence-corrected chi connectivity index (χ0v) is 10.8. The van der Waals surface area contributed by atoms with Gasteiger partial charge >= 0.3 is 0 Å². The monoisotopic (exact) mass is 252 g/mol. The lowest BCUT2D eigenvalue weighted by Gasteiger charge is -2.39. The Labute approximate surface area is 105 Å². The Morgan fingerprint density at radius 2 is 2.29 bits per heavy atom. The van der Waals surface area contributed by atoms with Crippen molar-refractivity contribution in [2.45, 2.75) is 32.4 Å². The molecule has 0 aromatic carbocycles. The molecule has 0 aliphatic carbocycles. The van der Waals surface area contributed by atoms with E-state index in [-0.39, 0.29) is 18.4 Å². The molecule has 1 aliphatic rings. The van der Waals surface area contributed by atoms with E-state index in [0.717, 1.165) is 4.88 Å². The number of nitrogens with zero attached hydrogens (tertiary/aromatic N) is 1. The molecule has 1 atom stereocenters. The topological polar surface area (TPSA) is 49.4 Å². The van der Waals surface area contributed by atoms with Gasteiger partial charge in [0.05, 0.1) is 6.54 Å². The van der Waals surface area contributed by atoms with Gasteiger partial charge in [-0.2, -0.15) is 0 Å². The molecule has 17 heavy (non-hydrogen) atoms. The molecule has 0 bridgehead atoms. The minimum Gasteiger partial charge on any atom is -0.340 e. The summed E-state index contributed by atoms with van der Waals surface area (Å²) in [5.41, 5.74) is -0.743. The molecule has 0 spiro atoms. The first-order valence-electron chi connectivity index (χ1n) is 5.68.